The number of nitrogens with zero attached hydrogens (tertiary/aromatic N) is 1. The van der Waals surface area contributed by atoms with Crippen LogP contribution in [-0.2, 0) is 6.42 Å². The molecule has 1 aliphatic rings. The third-order valence-corrected chi connectivity index (χ3v) is 4.40. The predicted octanol–water partition coefficient (Wildman–Crippen LogP) is 3.25. The van der Waals surface area contributed by atoms with Crippen LogP contribution in [0.4, 0.5) is 0 Å². The van der Waals surface area contributed by atoms with Gasteiger partial charge in [0.1, 0.15) is 0 Å². The highest BCUT2D eigenvalue weighted by molar-refractivity contribution is 7.09. The maximum absolute atomic E-state index is 4.19. The minimum atomic E-state index is 0.529. The van der Waals surface area contributed by atoms with Gasteiger partial charge in [0.25, 0.3) is 0 Å². The summed E-state index contributed by atoms with van der Waals surface area (Å²) in [6.45, 7) is 4.58. The van der Waals surface area contributed by atoms with Crippen LogP contribution in [0.2, 0.25) is 0 Å². The van der Waals surface area contributed by atoms with Crippen LogP contribution in [0.5, 0.6) is 0 Å². The Hall–Kier alpha value is -0.410. The molecule has 1 fully saturated rings. The van der Waals surface area contributed by atoms with Crippen molar-refractivity contribution >= 4 is 11.3 Å². The van der Waals surface area contributed by atoms with E-state index in [-0.39, 0.29) is 0 Å². The van der Waals surface area contributed by atoms with E-state index >= 15 is 0 Å². The summed E-state index contributed by atoms with van der Waals surface area (Å²) >= 11 is 1.81. The fourth-order valence-electron chi connectivity index (χ4n) is 2.77. The third kappa shape index (κ3) is 3.05. The van der Waals surface area contributed by atoms with E-state index in [1.807, 2.05) is 23.0 Å². The van der Waals surface area contributed by atoms with Gasteiger partial charge in [-0.05, 0) is 37.6 Å². The topological polar surface area (TPSA) is 24.9 Å². The number of rotatable bonds is 6. The van der Waals surface area contributed by atoms with Crippen molar-refractivity contribution in [3.8, 4) is 0 Å². The number of nitrogens with one attached hydrogen (secondary N) is 1. The van der Waals surface area contributed by atoms with E-state index in [1.54, 1.807) is 0 Å². The van der Waals surface area contributed by atoms with Crippen molar-refractivity contribution in [2.45, 2.75) is 45.4 Å². The Labute approximate surface area is 102 Å². The van der Waals surface area contributed by atoms with Gasteiger partial charge in [-0.2, -0.15) is 0 Å². The predicted molar refractivity (Wildman–Crippen MR) is 69.9 cm³/mol. The Morgan fingerprint density at radius 2 is 2.25 bits per heavy atom. The molecule has 0 saturated heterocycles. The Morgan fingerprint density at radius 3 is 2.88 bits per heavy atom. The molecule has 16 heavy (non-hydrogen) atoms. The Bertz CT molecular complexity index is 289. The van der Waals surface area contributed by atoms with Gasteiger partial charge in [-0.15, -0.1) is 11.3 Å². The Kier molecular flexibility index (Phi) is 4.36. The minimum absolute atomic E-state index is 0.529. The van der Waals surface area contributed by atoms with Crippen LogP contribution < -0.4 is 5.32 Å². The van der Waals surface area contributed by atoms with Crippen molar-refractivity contribution in [1.29, 1.82) is 0 Å². The van der Waals surface area contributed by atoms with E-state index < -0.39 is 0 Å². The zero-order valence-corrected chi connectivity index (χ0v) is 11.0. The largest absolute Gasteiger partial charge is 0.316 e. The lowest BCUT2D eigenvalue weighted by molar-refractivity contribution is 0.280. The van der Waals surface area contributed by atoms with Crippen LogP contribution in [0.1, 0.15) is 43.9 Å². The van der Waals surface area contributed by atoms with E-state index in [4.69, 9.17) is 0 Å². The molecule has 0 unspecified atom stereocenters. The average molecular weight is 238 g/mol. The molecule has 0 atom stereocenters. The van der Waals surface area contributed by atoms with Crippen molar-refractivity contribution < 1.29 is 0 Å². The normalized spacial score (nSPS) is 19.1. The number of hydrogen-bond donors (Lipinski definition) is 1. The van der Waals surface area contributed by atoms with Crippen molar-refractivity contribution in [1.82, 2.24) is 10.3 Å². The summed E-state index contributed by atoms with van der Waals surface area (Å²) in [5, 5.41) is 3.61. The van der Waals surface area contributed by atoms with Crippen LogP contribution in [0.15, 0.2) is 11.7 Å². The number of hydrogen-bond acceptors (Lipinski definition) is 3. The molecule has 0 amide bonds. The number of aromatic nitrogens is 1. The Balaban J connectivity index is 1.92. The van der Waals surface area contributed by atoms with Gasteiger partial charge in [0, 0.05) is 17.6 Å². The average Bonchev–Trinajstić information content (AvgIpc) is 2.91. The third-order valence-electron chi connectivity index (χ3n) is 3.62. The molecular formula is C13H22N2S. The van der Waals surface area contributed by atoms with E-state index in [0.29, 0.717) is 5.41 Å². The molecule has 3 heteroatoms. The van der Waals surface area contributed by atoms with Gasteiger partial charge in [0.2, 0.25) is 0 Å². The van der Waals surface area contributed by atoms with Crippen molar-refractivity contribution in [3.05, 3.63) is 16.6 Å². The summed E-state index contributed by atoms with van der Waals surface area (Å²) in [5.74, 6) is 0. The minimum Gasteiger partial charge on any atom is -0.316 e. The van der Waals surface area contributed by atoms with Crippen molar-refractivity contribution in [2.24, 2.45) is 5.41 Å². The van der Waals surface area contributed by atoms with Gasteiger partial charge in [-0.1, -0.05) is 19.8 Å². The maximum atomic E-state index is 4.19. The lowest BCUT2D eigenvalue weighted by atomic mass is 9.82. The monoisotopic (exact) mass is 238 g/mol. The van der Waals surface area contributed by atoms with Gasteiger partial charge < -0.3 is 5.32 Å². The molecule has 2 nitrogen and oxygen atoms in total. The zero-order valence-electron chi connectivity index (χ0n) is 10.2. The lowest BCUT2D eigenvalue weighted by Crippen LogP contribution is -2.34. The smallest absolute Gasteiger partial charge is 0.0794 e. The van der Waals surface area contributed by atoms with Gasteiger partial charge in [-0.3, -0.25) is 4.98 Å². The zero-order chi connectivity index (χ0) is 11.3. The van der Waals surface area contributed by atoms with Gasteiger partial charge in [0.15, 0.2) is 0 Å². The molecule has 1 aromatic rings. The van der Waals surface area contributed by atoms with Crippen LogP contribution >= 0.6 is 11.3 Å². The standard InChI is InChI=1S/C13H22N2S/c1-2-7-14-10-13(5-3-4-6-13)8-12-9-15-11-16-12/h9,11,14H,2-8,10H2,1H3. The second-order valence-corrected chi connectivity index (χ2v) is 6.00. The highest BCUT2D eigenvalue weighted by atomic mass is 32.1. The molecule has 1 aromatic heterocycles. The molecule has 1 N–H and O–H groups in total. The summed E-state index contributed by atoms with van der Waals surface area (Å²) in [5.41, 5.74) is 2.49. The van der Waals surface area contributed by atoms with Crippen molar-refractivity contribution in [2.75, 3.05) is 13.1 Å². The van der Waals surface area contributed by atoms with E-state index in [2.05, 4.69) is 17.2 Å². The molecule has 0 aliphatic heterocycles. The summed E-state index contributed by atoms with van der Waals surface area (Å²) in [4.78, 5) is 5.65. The highest BCUT2D eigenvalue weighted by Gasteiger charge is 2.33. The fourth-order valence-corrected chi connectivity index (χ4v) is 3.54. The van der Waals surface area contributed by atoms with E-state index in [0.717, 1.165) is 6.54 Å². The van der Waals surface area contributed by atoms with E-state index in [1.165, 1.54) is 49.9 Å². The van der Waals surface area contributed by atoms with Crippen LogP contribution in [0, 0.1) is 5.41 Å². The molecule has 0 radical (unpaired) electrons. The molecule has 1 heterocycles. The van der Waals surface area contributed by atoms with Crippen molar-refractivity contribution in [3.63, 3.8) is 0 Å². The first kappa shape index (κ1) is 12.1. The molecule has 90 valence electrons. The molecule has 0 aromatic carbocycles. The van der Waals surface area contributed by atoms with Crippen LogP contribution in [0.25, 0.3) is 0 Å². The summed E-state index contributed by atoms with van der Waals surface area (Å²) in [6, 6.07) is 0. The summed E-state index contributed by atoms with van der Waals surface area (Å²) < 4.78 is 0. The molecule has 0 spiro atoms. The van der Waals surface area contributed by atoms with Crippen LogP contribution in [0.3, 0.4) is 0 Å². The number of thiazole rings is 1. The Morgan fingerprint density at radius 1 is 1.44 bits per heavy atom. The molecule has 1 saturated carbocycles. The van der Waals surface area contributed by atoms with Gasteiger partial charge in [0.05, 0.1) is 5.51 Å². The first-order chi connectivity index (χ1) is 7.85. The molecular weight excluding hydrogens is 216 g/mol. The van der Waals surface area contributed by atoms with E-state index in [9.17, 15) is 0 Å². The second kappa shape index (κ2) is 5.78. The fraction of sp³-hybridized carbons (Fsp3) is 0.769. The quantitative estimate of drug-likeness (QED) is 0.770. The van der Waals surface area contributed by atoms with Gasteiger partial charge in [-0.25, -0.2) is 0 Å². The lowest BCUT2D eigenvalue weighted by Gasteiger charge is -2.28. The SMILES string of the molecule is CCCNCC1(Cc2cncs2)CCCC1. The maximum Gasteiger partial charge on any atom is 0.0794 e. The first-order valence-electron chi connectivity index (χ1n) is 6.43. The first-order valence-corrected chi connectivity index (χ1v) is 7.31. The summed E-state index contributed by atoms with van der Waals surface area (Å²) in [6.07, 6.45) is 10.1. The summed E-state index contributed by atoms with van der Waals surface area (Å²) in [7, 11) is 0. The molecule has 2 rings (SSSR count). The highest BCUT2D eigenvalue weighted by Crippen LogP contribution is 2.40. The van der Waals surface area contributed by atoms with Gasteiger partial charge >= 0.3 is 0 Å². The van der Waals surface area contributed by atoms with Crippen LogP contribution in [-0.4, -0.2) is 18.1 Å². The molecule has 0 bridgehead atoms. The second-order valence-electron chi connectivity index (χ2n) is 5.03. The molecule has 1 aliphatic carbocycles.